The second-order valence-corrected chi connectivity index (χ2v) is 4.97. The molecule has 1 unspecified atom stereocenters. The van der Waals surface area contributed by atoms with Crippen molar-refractivity contribution < 1.29 is 26.7 Å². The average Bonchev–Trinajstić information content (AvgIpc) is 2.35. The van der Waals surface area contributed by atoms with Gasteiger partial charge in [-0.15, -0.1) is 0 Å². The van der Waals surface area contributed by atoms with Crippen molar-refractivity contribution in [2.24, 2.45) is 0 Å². The second-order valence-electron chi connectivity index (χ2n) is 4.00. The lowest BCUT2D eigenvalue weighted by molar-refractivity contribution is -0.186. The van der Waals surface area contributed by atoms with Crippen molar-refractivity contribution in [3.05, 3.63) is 23.5 Å². The van der Waals surface area contributed by atoms with E-state index in [4.69, 9.17) is 4.55 Å². The van der Waals surface area contributed by atoms with E-state index in [-0.39, 0.29) is 24.4 Å². The van der Waals surface area contributed by atoms with Crippen LogP contribution in [-0.4, -0.2) is 37.3 Å². The van der Waals surface area contributed by atoms with Crippen molar-refractivity contribution in [1.82, 2.24) is 9.88 Å². The van der Waals surface area contributed by atoms with E-state index in [9.17, 15) is 22.2 Å². The Balaban J connectivity index is 2.25. The molecule has 19 heavy (non-hydrogen) atoms. The number of carbonyl (C=O) groups excluding carboxylic acids is 1. The topological polar surface area (TPSA) is 70.5 Å². The number of carbonyl (C=O) groups is 1. The van der Waals surface area contributed by atoms with Crippen LogP contribution >= 0.6 is 0 Å². The minimum Gasteiger partial charge on any atom is -0.330 e. The fourth-order valence-corrected chi connectivity index (χ4v) is 2.24. The predicted octanol–water partition coefficient (Wildman–Crippen LogP) is 1.11. The van der Waals surface area contributed by atoms with Gasteiger partial charge in [0, 0.05) is 31.4 Å². The number of hydrogen-bond donors (Lipinski definition) is 1. The molecule has 1 N–H and O–H groups in total. The van der Waals surface area contributed by atoms with E-state index in [1.165, 1.54) is 12.3 Å². The Hall–Kier alpha value is -1.48. The summed E-state index contributed by atoms with van der Waals surface area (Å²) in [6.07, 6.45) is -3.52. The normalized spacial score (nSPS) is 16.9. The Bertz CT molecular complexity index is 547. The first-order valence-electron chi connectivity index (χ1n) is 5.24. The molecule has 1 aliphatic heterocycles. The summed E-state index contributed by atoms with van der Waals surface area (Å²) in [5, 5.41) is 0. The summed E-state index contributed by atoms with van der Waals surface area (Å²) >= 11 is -2.25. The van der Waals surface area contributed by atoms with Gasteiger partial charge in [-0.2, -0.15) is 13.2 Å². The highest BCUT2D eigenvalue weighted by Crippen LogP contribution is 2.24. The SMILES string of the molecule is O=C(N1CCc2ncc(S(=O)O)cc2C1)C(F)(F)F. The number of amides is 1. The van der Waals surface area contributed by atoms with Gasteiger partial charge in [0.05, 0.1) is 4.90 Å². The molecule has 0 aromatic carbocycles. The lowest BCUT2D eigenvalue weighted by atomic mass is 10.1. The van der Waals surface area contributed by atoms with Crippen molar-refractivity contribution in [1.29, 1.82) is 0 Å². The number of fused-ring (bicyclic) bond motifs is 1. The van der Waals surface area contributed by atoms with E-state index in [0.717, 1.165) is 0 Å². The molecule has 0 fully saturated rings. The van der Waals surface area contributed by atoms with Gasteiger partial charge in [0.2, 0.25) is 0 Å². The molecule has 0 aliphatic carbocycles. The van der Waals surface area contributed by atoms with Gasteiger partial charge in [-0.25, -0.2) is 4.21 Å². The van der Waals surface area contributed by atoms with Crippen LogP contribution in [0.15, 0.2) is 17.2 Å². The summed E-state index contributed by atoms with van der Waals surface area (Å²) in [6.45, 7) is -0.328. The van der Waals surface area contributed by atoms with Crippen LogP contribution in [0, 0.1) is 0 Å². The molecule has 5 nitrogen and oxygen atoms in total. The van der Waals surface area contributed by atoms with E-state index in [0.29, 0.717) is 16.2 Å². The zero-order chi connectivity index (χ0) is 14.2. The number of pyridine rings is 1. The number of rotatable bonds is 1. The van der Waals surface area contributed by atoms with Crippen molar-refractivity contribution in [3.63, 3.8) is 0 Å². The predicted molar refractivity (Wildman–Crippen MR) is 58.5 cm³/mol. The van der Waals surface area contributed by atoms with Crippen LogP contribution in [0.4, 0.5) is 13.2 Å². The molecule has 2 rings (SSSR count). The van der Waals surface area contributed by atoms with Gasteiger partial charge >= 0.3 is 12.1 Å². The lowest BCUT2D eigenvalue weighted by Crippen LogP contribution is -2.43. The fourth-order valence-electron chi connectivity index (χ4n) is 1.85. The van der Waals surface area contributed by atoms with Crippen molar-refractivity contribution in [2.45, 2.75) is 24.0 Å². The fraction of sp³-hybridized carbons (Fsp3) is 0.400. The smallest absolute Gasteiger partial charge is 0.330 e. The lowest BCUT2D eigenvalue weighted by Gasteiger charge is -2.28. The van der Waals surface area contributed by atoms with Gasteiger partial charge in [-0.3, -0.25) is 9.78 Å². The molecule has 1 atom stereocenters. The van der Waals surface area contributed by atoms with E-state index >= 15 is 0 Å². The van der Waals surface area contributed by atoms with Gasteiger partial charge in [0.1, 0.15) is 0 Å². The monoisotopic (exact) mass is 294 g/mol. The minimum absolute atomic E-state index is 0.0000534. The van der Waals surface area contributed by atoms with Crippen LogP contribution in [0.3, 0.4) is 0 Å². The van der Waals surface area contributed by atoms with Crippen molar-refractivity contribution >= 4 is 17.0 Å². The maximum atomic E-state index is 12.3. The highest BCUT2D eigenvalue weighted by molar-refractivity contribution is 7.79. The van der Waals surface area contributed by atoms with Crippen molar-refractivity contribution in [3.8, 4) is 0 Å². The van der Waals surface area contributed by atoms with Gasteiger partial charge in [0.25, 0.3) is 0 Å². The molecule has 104 valence electrons. The Morgan fingerprint density at radius 1 is 1.47 bits per heavy atom. The Labute approximate surface area is 108 Å². The first-order valence-corrected chi connectivity index (χ1v) is 6.34. The third-order valence-electron chi connectivity index (χ3n) is 2.75. The molecule has 1 aromatic rings. The molecule has 0 spiro atoms. The highest BCUT2D eigenvalue weighted by Gasteiger charge is 2.43. The van der Waals surface area contributed by atoms with Crippen LogP contribution in [0.5, 0.6) is 0 Å². The minimum atomic E-state index is -4.91. The van der Waals surface area contributed by atoms with Gasteiger partial charge in [-0.05, 0) is 11.6 Å². The first-order chi connectivity index (χ1) is 8.79. The Morgan fingerprint density at radius 2 is 2.16 bits per heavy atom. The van der Waals surface area contributed by atoms with Crippen LogP contribution in [-0.2, 0) is 28.8 Å². The molecule has 0 radical (unpaired) electrons. The van der Waals surface area contributed by atoms with Gasteiger partial charge < -0.3 is 9.45 Å². The molecule has 1 aromatic heterocycles. The number of halogens is 3. The highest BCUT2D eigenvalue weighted by atomic mass is 32.2. The number of alkyl halides is 3. The Kier molecular flexibility index (Phi) is 3.59. The number of nitrogens with zero attached hydrogens (tertiary/aromatic N) is 2. The molecular formula is C10H9F3N2O3S. The summed E-state index contributed by atoms with van der Waals surface area (Å²) in [6, 6.07) is 1.30. The molecule has 2 heterocycles. The summed E-state index contributed by atoms with van der Waals surface area (Å²) in [4.78, 5) is 15.7. The van der Waals surface area contributed by atoms with Crippen LogP contribution in [0.2, 0.25) is 0 Å². The molecular weight excluding hydrogens is 285 g/mol. The summed E-state index contributed by atoms with van der Waals surface area (Å²) in [7, 11) is 0. The van der Waals surface area contributed by atoms with Gasteiger partial charge in [-0.1, -0.05) is 0 Å². The van der Waals surface area contributed by atoms with Gasteiger partial charge in [0.15, 0.2) is 11.1 Å². The van der Waals surface area contributed by atoms with Crippen molar-refractivity contribution in [2.75, 3.05) is 6.54 Å². The number of hydrogen-bond acceptors (Lipinski definition) is 3. The molecule has 1 amide bonds. The second kappa shape index (κ2) is 4.89. The first kappa shape index (κ1) is 13.9. The van der Waals surface area contributed by atoms with Crippen LogP contribution < -0.4 is 0 Å². The number of aromatic nitrogens is 1. The maximum Gasteiger partial charge on any atom is 0.471 e. The molecule has 0 saturated carbocycles. The maximum absolute atomic E-state index is 12.3. The third kappa shape index (κ3) is 2.92. The molecule has 0 bridgehead atoms. The van der Waals surface area contributed by atoms with E-state index in [1.54, 1.807) is 0 Å². The Morgan fingerprint density at radius 3 is 2.74 bits per heavy atom. The van der Waals surface area contributed by atoms with E-state index in [1.807, 2.05) is 0 Å². The standard InChI is InChI=1S/C10H9F3N2O3S/c11-10(12,13)9(16)15-2-1-8-6(5-15)3-7(4-14-8)19(17)18/h3-4H,1-2,5H2,(H,17,18). The quantitative estimate of drug-likeness (QED) is 0.788. The third-order valence-corrected chi connectivity index (χ3v) is 3.37. The van der Waals surface area contributed by atoms with E-state index < -0.39 is 23.2 Å². The molecule has 1 aliphatic rings. The summed E-state index contributed by atoms with van der Waals surface area (Å²) in [5.74, 6) is -1.91. The zero-order valence-corrected chi connectivity index (χ0v) is 10.3. The van der Waals surface area contributed by atoms with E-state index in [2.05, 4.69) is 4.98 Å². The zero-order valence-electron chi connectivity index (χ0n) is 9.48. The summed E-state index contributed by atoms with van der Waals surface area (Å²) < 4.78 is 56.7. The van der Waals surface area contributed by atoms with Crippen LogP contribution in [0.1, 0.15) is 11.3 Å². The summed E-state index contributed by atoms with van der Waals surface area (Å²) in [5.41, 5.74) is 0.907. The average molecular weight is 294 g/mol. The molecule has 9 heteroatoms. The largest absolute Gasteiger partial charge is 0.471 e. The molecule has 0 saturated heterocycles. The van der Waals surface area contributed by atoms with Crippen LogP contribution in [0.25, 0.3) is 0 Å².